The lowest BCUT2D eigenvalue weighted by molar-refractivity contribution is -0.199. The standard InChI is InChI=1S/C16H23Cl2NO5S/c1-6-8-15(18)13(20)11(17)12(16(15,23-3)24-4)19-10(7-9-25-5)14(21)22-2/h6,10,19H,1,7-9H2,2-5H3/t10-,15?/m1/s1. The number of carbonyl (C=O) groups is 2. The highest BCUT2D eigenvalue weighted by atomic mass is 35.5. The fourth-order valence-corrected chi connectivity index (χ4v) is 4.09. The molecule has 0 radical (unpaired) electrons. The van der Waals surface area contributed by atoms with E-state index in [0.717, 1.165) is 0 Å². The van der Waals surface area contributed by atoms with Crippen molar-refractivity contribution in [3.05, 3.63) is 23.4 Å². The molecule has 2 atom stereocenters. The zero-order chi connectivity index (χ0) is 19.3. The summed E-state index contributed by atoms with van der Waals surface area (Å²) in [6.45, 7) is 3.62. The number of halogens is 2. The number of hydrogen-bond donors (Lipinski definition) is 1. The van der Waals surface area contributed by atoms with Gasteiger partial charge in [0, 0.05) is 14.2 Å². The van der Waals surface area contributed by atoms with E-state index in [1.165, 1.54) is 27.4 Å². The molecule has 0 aliphatic heterocycles. The summed E-state index contributed by atoms with van der Waals surface area (Å²) in [6.07, 6.45) is 3.92. The number of ketones is 1. The lowest BCUT2D eigenvalue weighted by Crippen LogP contribution is -2.58. The predicted octanol–water partition coefficient (Wildman–Crippen LogP) is 2.45. The number of thioether (sulfide) groups is 1. The first kappa shape index (κ1) is 22.3. The van der Waals surface area contributed by atoms with Crippen molar-refractivity contribution in [2.75, 3.05) is 33.3 Å². The quantitative estimate of drug-likeness (QED) is 0.256. The van der Waals surface area contributed by atoms with Crippen molar-refractivity contribution in [1.29, 1.82) is 0 Å². The average Bonchev–Trinajstić information content (AvgIpc) is 2.76. The highest BCUT2D eigenvalue weighted by Gasteiger charge is 2.66. The third kappa shape index (κ3) is 3.85. The summed E-state index contributed by atoms with van der Waals surface area (Å²) in [4.78, 5) is 23.2. The highest BCUT2D eigenvalue weighted by Crippen LogP contribution is 2.50. The number of hydrogen-bond acceptors (Lipinski definition) is 7. The summed E-state index contributed by atoms with van der Waals surface area (Å²) >= 11 is 14.4. The number of methoxy groups -OCH3 is 3. The first-order valence-electron chi connectivity index (χ1n) is 7.48. The Kier molecular flexibility index (Phi) is 8.28. The molecule has 0 saturated carbocycles. The second kappa shape index (κ2) is 9.28. The fraction of sp³-hybridized carbons (Fsp3) is 0.625. The van der Waals surface area contributed by atoms with Crippen LogP contribution in [0.5, 0.6) is 0 Å². The Morgan fingerprint density at radius 2 is 2.00 bits per heavy atom. The molecule has 0 bridgehead atoms. The molecule has 9 heteroatoms. The molecule has 0 spiro atoms. The molecule has 1 unspecified atom stereocenters. The number of nitrogens with one attached hydrogen (secondary N) is 1. The van der Waals surface area contributed by atoms with Crippen molar-refractivity contribution >= 4 is 46.7 Å². The van der Waals surface area contributed by atoms with Crippen LogP contribution in [-0.2, 0) is 23.8 Å². The molecule has 1 aliphatic carbocycles. The van der Waals surface area contributed by atoms with Crippen molar-refractivity contribution < 1.29 is 23.8 Å². The van der Waals surface area contributed by atoms with Gasteiger partial charge in [-0.05, 0) is 24.9 Å². The summed E-state index contributed by atoms with van der Waals surface area (Å²) in [7, 11) is 3.99. The molecule has 0 aromatic carbocycles. The second-order valence-corrected chi connectivity index (χ2v) is 7.35. The van der Waals surface area contributed by atoms with E-state index in [9.17, 15) is 9.59 Å². The molecule has 1 aliphatic rings. The number of allylic oxidation sites excluding steroid dienone is 2. The average molecular weight is 412 g/mol. The maximum absolute atomic E-state index is 12.7. The molecule has 0 aromatic rings. The first-order valence-corrected chi connectivity index (χ1v) is 9.63. The van der Waals surface area contributed by atoms with Gasteiger partial charge in [-0.25, -0.2) is 4.79 Å². The highest BCUT2D eigenvalue weighted by molar-refractivity contribution is 7.98. The van der Waals surface area contributed by atoms with Crippen LogP contribution < -0.4 is 5.32 Å². The molecule has 6 nitrogen and oxygen atoms in total. The van der Waals surface area contributed by atoms with E-state index < -0.39 is 28.5 Å². The van der Waals surface area contributed by atoms with Crippen LogP contribution in [0.25, 0.3) is 0 Å². The van der Waals surface area contributed by atoms with E-state index in [2.05, 4.69) is 11.9 Å². The van der Waals surface area contributed by atoms with Gasteiger partial charge >= 0.3 is 5.97 Å². The van der Waals surface area contributed by atoms with Crippen LogP contribution in [0.4, 0.5) is 0 Å². The topological polar surface area (TPSA) is 73.9 Å². The van der Waals surface area contributed by atoms with Gasteiger partial charge in [0.25, 0.3) is 0 Å². The molecule has 0 aromatic heterocycles. The molecule has 0 fully saturated rings. The Labute approximate surface area is 162 Å². The molecular formula is C16H23Cl2NO5S. The van der Waals surface area contributed by atoms with E-state index >= 15 is 0 Å². The molecule has 25 heavy (non-hydrogen) atoms. The van der Waals surface area contributed by atoms with Crippen LogP contribution in [0.2, 0.25) is 0 Å². The van der Waals surface area contributed by atoms with E-state index in [1.807, 2.05) is 6.26 Å². The SMILES string of the molecule is C=CCC1(Cl)C(=O)C(Cl)=C(N[C@H](CCSC)C(=O)OC)C1(OC)OC. The molecule has 0 saturated heterocycles. The van der Waals surface area contributed by atoms with Crippen molar-refractivity contribution in [2.24, 2.45) is 0 Å². The van der Waals surface area contributed by atoms with Gasteiger partial charge in [0.15, 0.2) is 4.87 Å². The monoisotopic (exact) mass is 411 g/mol. The van der Waals surface area contributed by atoms with Crippen LogP contribution in [0, 0.1) is 0 Å². The van der Waals surface area contributed by atoms with Gasteiger partial charge in [-0.15, -0.1) is 18.2 Å². The lowest BCUT2D eigenvalue weighted by atomic mass is 9.93. The zero-order valence-electron chi connectivity index (χ0n) is 14.7. The van der Waals surface area contributed by atoms with Gasteiger partial charge in [0.1, 0.15) is 11.1 Å². The maximum Gasteiger partial charge on any atom is 0.328 e. The minimum atomic E-state index is -1.68. The number of rotatable bonds is 10. The molecule has 1 rings (SSSR count). The third-order valence-electron chi connectivity index (χ3n) is 4.05. The van der Waals surface area contributed by atoms with Gasteiger partial charge in [-0.2, -0.15) is 11.8 Å². The van der Waals surface area contributed by atoms with Crippen LogP contribution in [0.15, 0.2) is 23.4 Å². The van der Waals surface area contributed by atoms with Gasteiger partial charge in [-0.3, -0.25) is 4.79 Å². The second-order valence-electron chi connectivity index (χ2n) is 5.34. The molecular weight excluding hydrogens is 389 g/mol. The molecule has 0 amide bonds. The van der Waals surface area contributed by atoms with E-state index in [4.69, 9.17) is 37.4 Å². The zero-order valence-corrected chi connectivity index (χ0v) is 17.0. The summed E-state index contributed by atoms with van der Waals surface area (Å²) in [5.74, 6) is -2.04. The number of alkyl halides is 1. The van der Waals surface area contributed by atoms with Crippen LogP contribution in [0.3, 0.4) is 0 Å². The summed E-state index contributed by atoms with van der Waals surface area (Å²) < 4.78 is 15.8. The predicted molar refractivity (Wildman–Crippen MR) is 100.0 cm³/mol. The van der Waals surface area contributed by atoms with Crippen LogP contribution in [-0.4, -0.2) is 61.8 Å². The van der Waals surface area contributed by atoms with Crippen molar-refractivity contribution in [2.45, 2.75) is 29.5 Å². The van der Waals surface area contributed by atoms with Gasteiger partial charge in [0.05, 0.1) is 12.8 Å². The lowest BCUT2D eigenvalue weighted by Gasteiger charge is -2.40. The minimum absolute atomic E-state index is 0.0597. The smallest absolute Gasteiger partial charge is 0.328 e. The minimum Gasteiger partial charge on any atom is -0.467 e. The van der Waals surface area contributed by atoms with Crippen molar-refractivity contribution in [1.82, 2.24) is 5.32 Å². The number of ether oxygens (including phenoxy) is 3. The number of esters is 1. The van der Waals surface area contributed by atoms with Gasteiger partial charge < -0.3 is 19.5 Å². The van der Waals surface area contributed by atoms with Gasteiger partial charge in [0.2, 0.25) is 11.6 Å². The molecule has 0 heterocycles. The third-order valence-corrected chi connectivity index (χ3v) is 5.62. The first-order chi connectivity index (χ1) is 11.8. The molecule has 1 N–H and O–H groups in total. The summed E-state index contributed by atoms with van der Waals surface area (Å²) in [6, 6.07) is -0.735. The van der Waals surface area contributed by atoms with Crippen LogP contribution in [0.1, 0.15) is 12.8 Å². The Hall–Kier alpha value is -0.730. The van der Waals surface area contributed by atoms with E-state index in [0.29, 0.717) is 12.2 Å². The fourth-order valence-electron chi connectivity index (χ4n) is 2.78. The summed E-state index contributed by atoms with van der Waals surface area (Å²) in [5.41, 5.74) is 0.109. The largest absolute Gasteiger partial charge is 0.467 e. The number of carbonyl (C=O) groups excluding carboxylic acids is 2. The Morgan fingerprint density at radius 1 is 1.40 bits per heavy atom. The van der Waals surface area contributed by atoms with E-state index in [1.54, 1.807) is 11.8 Å². The Morgan fingerprint density at radius 3 is 2.44 bits per heavy atom. The summed E-state index contributed by atoms with van der Waals surface area (Å²) in [5, 5.41) is 2.79. The normalized spacial score (nSPS) is 23.5. The molecule has 142 valence electrons. The Balaban J connectivity index is 3.35. The number of Topliss-reactive ketones (excluding diaryl/α,β-unsaturated/α-hetero) is 1. The van der Waals surface area contributed by atoms with Crippen molar-refractivity contribution in [3.8, 4) is 0 Å². The van der Waals surface area contributed by atoms with E-state index in [-0.39, 0.29) is 17.2 Å². The Bertz CT molecular complexity index is 565. The maximum atomic E-state index is 12.7. The van der Waals surface area contributed by atoms with Gasteiger partial charge in [-0.1, -0.05) is 17.7 Å². The van der Waals surface area contributed by atoms with Crippen molar-refractivity contribution in [3.63, 3.8) is 0 Å². The van der Waals surface area contributed by atoms with Crippen LogP contribution >= 0.6 is 35.0 Å².